The Balaban J connectivity index is 0. The van der Waals surface area contributed by atoms with Crippen LogP contribution in [0, 0.1) is 0 Å². The van der Waals surface area contributed by atoms with Gasteiger partial charge in [-0.3, -0.25) is 0 Å². The zero-order valence-corrected chi connectivity index (χ0v) is 9.17. The summed E-state index contributed by atoms with van der Waals surface area (Å²) in [5.41, 5.74) is 5.39. The third kappa shape index (κ3) is 12.9. The summed E-state index contributed by atoms with van der Waals surface area (Å²) in [7, 11) is 0. The highest BCUT2D eigenvalue weighted by Crippen LogP contribution is 2.07. The zero-order valence-electron chi connectivity index (χ0n) is 8.35. The summed E-state index contributed by atoms with van der Waals surface area (Å²) in [6, 6.07) is 0. The first-order valence-corrected chi connectivity index (χ1v) is 5.12. The van der Waals surface area contributed by atoms with Gasteiger partial charge in [-0.25, -0.2) is 0 Å². The highest BCUT2D eigenvalue weighted by molar-refractivity contribution is 5.85. The number of hydrogen-bond donors (Lipinski definition) is 1. The predicted molar refractivity (Wildman–Crippen MR) is 58.9 cm³/mol. The van der Waals surface area contributed by atoms with Crippen molar-refractivity contribution in [2.75, 3.05) is 6.54 Å². The van der Waals surface area contributed by atoms with E-state index in [0.29, 0.717) is 0 Å². The summed E-state index contributed by atoms with van der Waals surface area (Å²) >= 11 is 0. The fourth-order valence-corrected chi connectivity index (χ4v) is 1.28. The van der Waals surface area contributed by atoms with Crippen LogP contribution in [0.25, 0.3) is 0 Å². The highest BCUT2D eigenvalue weighted by Gasteiger charge is 1.89. The molecule has 0 aromatic heterocycles. The molecule has 0 unspecified atom stereocenters. The van der Waals surface area contributed by atoms with E-state index in [4.69, 9.17) is 5.73 Å². The van der Waals surface area contributed by atoms with Gasteiger partial charge in [0, 0.05) is 0 Å². The lowest BCUT2D eigenvalue weighted by Gasteiger charge is -1.99. The molecular formula is C10H24ClN. The molecule has 0 aliphatic rings. The Labute approximate surface area is 83.5 Å². The molecule has 0 saturated heterocycles. The normalized spacial score (nSPS) is 9.50. The van der Waals surface area contributed by atoms with Crippen LogP contribution < -0.4 is 5.73 Å². The first-order valence-electron chi connectivity index (χ1n) is 5.12. The molecule has 0 saturated carbocycles. The Morgan fingerprint density at radius 1 is 0.750 bits per heavy atom. The minimum atomic E-state index is 0. The Hall–Kier alpha value is 0.250. The Morgan fingerprint density at radius 2 is 1.17 bits per heavy atom. The minimum Gasteiger partial charge on any atom is -0.330 e. The second-order valence-corrected chi connectivity index (χ2v) is 3.26. The van der Waals surface area contributed by atoms with Crippen LogP contribution in [0.1, 0.15) is 58.3 Å². The van der Waals surface area contributed by atoms with Crippen LogP contribution in [0.4, 0.5) is 0 Å². The van der Waals surface area contributed by atoms with Crippen LogP contribution in [0.5, 0.6) is 0 Å². The number of halogens is 1. The van der Waals surface area contributed by atoms with Crippen LogP contribution in [0.2, 0.25) is 0 Å². The average molecular weight is 194 g/mol. The lowest BCUT2D eigenvalue weighted by atomic mass is 10.1. The molecule has 0 spiro atoms. The van der Waals surface area contributed by atoms with E-state index in [2.05, 4.69) is 6.92 Å². The quantitative estimate of drug-likeness (QED) is 0.587. The molecule has 0 heterocycles. The smallest absolute Gasteiger partial charge is 0.00773 e. The van der Waals surface area contributed by atoms with Crippen molar-refractivity contribution >= 4 is 12.4 Å². The second kappa shape index (κ2) is 13.8. The van der Waals surface area contributed by atoms with Gasteiger partial charge in [-0.05, 0) is 13.0 Å². The predicted octanol–water partition coefficient (Wildman–Crippen LogP) is 3.51. The topological polar surface area (TPSA) is 26.0 Å². The van der Waals surface area contributed by atoms with Gasteiger partial charge in [0.1, 0.15) is 0 Å². The van der Waals surface area contributed by atoms with Gasteiger partial charge in [-0.1, -0.05) is 51.9 Å². The molecule has 12 heavy (non-hydrogen) atoms. The Morgan fingerprint density at radius 3 is 1.58 bits per heavy atom. The van der Waals surface area contributed by atoms with Crippen molar-refractivity contribution < 1.29 is 0 Å². The van der Waals surface area contributed by atoms with E-state index in [1.54, 1.807) is 0 Å². The maximum absolute atomic E-state index is 5.39. The van der Waals surface area contributed by atoms with Crippen LogP contribution in [0.3, 0.4) is 0 Å². The van der Waals surface area contributed by atoms with Crippen molar-refractivity contribution in [1.29, 1.82) is 0 Å². The van der Waals surface area contributed by atoms with Gasteiger partial charge in [-0.15, -0.1) is 12.4 Å². The Bertz CT molecular complexity index is 58.9. The van der Waals surface area contributed by atoms with Crippen molar-refractivity contribution in [2.45, 2.75) is 58.3 Å². The maximum atomic E-state index is 5.39. The molecule has 2 heteroatoms. The molecule has 0 amide bonds. The van der Waals surface area contributed by atoms with E-state index in [1.807, 2.05) is 0 Å². The van der Waals surface area contributed by atoms with Crippen LogP contribution in [0.15, 0.2) is 0 Å². The molecule has 0 aromatic rings. The van der Waals surface area contributed by atoms with E-state index in [9.17, 15) is 0 Å². The van der Waals surface area contributed by atoms with E-state index in [-0.39, 0.29) is 12.4 Å². The summed E-state index contributed by atoms with van der Waals surface area (Å²) in [4.78, 5) is 0. The van der Waals surface area contributed by atoms with Gasteiger partial charge in [-0.2, -0.15) is 0 Å². The van der Waals surface area contributed by atoms with E-state index >= 15 is 0 Å². The molecule has 0 aliphatic heterocycles. The van der Waals surface area contributed by atoms with Crippen molar-refractivity contribution in [1.82, 2.24) is 0 Å². The SMILES string of the molecule is CCCCCCCCCCN.Cl. The van der Waals surface area contributed by atoms with Gasteiger partial charge in [0.25, 0.3) is 0 Å². The Kier molecular flexibility index (Phi) is 17.0. The van der Waals surface area contributed by atoms with Gasteiger partial charge >= 0.3 is 0 Å². The molecule has 0 fully saturated rings. The fraction of sp³-hybridized carbons (Fsp3) is 1.00. The molecule has 0 aromatic carbocycles. The van der Waals surface area contributed by atoms with Crippen molar-refractivity contribution in [3.05, 3.63) is 0 Å². The van der Waals surface area contributed by atoms with Crippen molar-refractivity contribution in [2.24, 2.45) is 5.73 Å². The van der Waals surface area contributed by atoms with Crippen LogP contribution in [-0.2, 0) is 0 Å². The van der Waals surface area contributed by atoms with Gasteiger partial charge in [0.2, 0.25) is 0 Å². The fourth-order valence-electron chi connectivity index (χ4n) is 1.28. The monoisotopic (exact) mass is 193 g/mol. The molecule has 0 rings (SSSR count). The molecule has 0 radical (unpaired) electrons. The summed E-state index contributed by atoms with van der Waals surface area (Å²) in [6.45, 7) is 3.13. The largest absolute Gasteiger partial charge is 0.330 e. The molecule has 76 valence electrons. The van der Waals surface area contributed by atoms with Gasteiger partial charge in [0.05, 0.1) is 0 Å². The molecule has 1 nitrogen and oxygen atoms in total. The average Bonchev–Trinajstić information content (AvgIpc) is 2.03. The standard InChI is InChI=1S/C10H23N.ClH/c1-2-3-4-5-6-7-8-9-10-11;/h2-11H2,1H3;1H. The van der Waals surface area contributed by atoms with Crippen LogP contribution in [-0.4, -0.2) is 6.54 Å². The second-order valence-electron chi connectivity index (χ2n) is 3.26. The molecule has 0 atom stereocenters. The molecule has 2 N–H and O–H groups in total. The third-order valence-corrected chi connectivity index (χ3v) is 2.06. The molecule has 0 bridgehead atoms. The third-order valence-electron chi connectivity index (χ3n) is 2.06. The van der Waals surface area contributed by atoms with E-state index < -0.39 is 0 Å². The highest BCUT2D eigenvalue weighted by atomic mass is 35.5. The summed E-state index contributed by atoms with van der Waals surface area (Å²) in [5.74, 6) is 0. The number of unbranched alkanes of at least 4 members (excludes halogenated alkanes) is 7. The first kappa shape index (κ1) is 14.8. The first-order chi connectivity index (χ1) is 5.41. The van der Waals surface area contributed by atoms with E-state index in [0.717, 1.165) is 6.54 Å². The van der Waals surface area contributed by atoms with Crippen LogP contribution >= 0.6 is 12.4 Å². The van der Waals surface area contributed by atoms with Crippen molar-refractivity contribution in [3.8, 4) is 0 Å². The summed E-state index contributed by atoms with van der Waals surface area (Å²) in [6.07, 6.45) is 11.0. The van der Waals surface area contributed by atoms with E-state index in [1.165, 1.54) is 51.4 Å². The van der Waals surface area contributed by atoms with Gasteiger partial charge < -0.3 is 5.73 Å². The summed E-state index contributed by atoms with van der Waals surface area (Å²) < 4.78 is 0. The van der Waals surface area contributed by atoms with Crippen molar-refractivity contribution in [3.63, 3.8) is 0 Å². The lowest BCUT2D eigenvalue weighted by molar-refractivity contribution is 0.578. The lowest BCUT2D eigenvalue weighted by Crippen LogP contribution is -1.97. The number of nitrogens with two attached hydrogens (primary N) is 1. The number of rotatable bonds is 8. The number of hydrogen-bond acceptors (Lipinski definition) is 1. The maximum Gasteiger partial charge on any atom is -0.00773 e. The summed E-state index contributed by atoms with van der Waals surface area (Å²) in [5, 5.41) is 0. The molecule has 0 aliphatic carbocycles. The minimum absolute atomic E-state index is 0. The molecular weight excluding hydrogens is 170 g/mol. The van der Waals surface area contributed by atoms with Gasteiger partial charge in [0.15, 0.2) is 0 Å². The zero-order chi connectivity index (χ0) is 8.36.